The first-order valence-corrected chi connectivity index (χ1v) is 8.27. The van der Waals surface area contributed by atoms with Crippen molar-refractivity contribution in [3.05, 3.63) is 34.4 Å². The summed E-state index contributed by atoms with van der Waals surface area (Å²) in [6.45, 7) is 1.85. The van der Waals surface area contributed by atoms with Crippen LogP contribution in [0.15, 0.2) is 29.2 Å². The van der Waals surface area contributed by atoms with Gasteiger partial charge in [-0.15, -0.1) is 0 Å². The molecular formula is C13H20N4O5S. The average Bonchev–Trinajstić information content (AvgIpc) is 2.52. The summed E-state index contributed by atoms with van der Waals surface area (Å²) in [7, 11) is -0.991. The Hall–Kier alpha value is -2.04. The van der Waals surface area contributed by atoms with Crippen molar-refractivity contribution in [1.82, 2.24) is 14.9 Å². The largest absolute Gasteiger partial charge is 0.353 e. The zero-order chi connectivity index (χ0) is 17.6. The number of rotatable bonds is 8. The summed E-state index contributed by atoms with van der Waals surface area (Å²) in [6, 6.07) is 4.75. The van der Waals surface area contributed by atoms with E-state index in [4.69, 9.17) is 0 Å². The van der Waals surface area contributed by atoms with Gasteiger partial charge in [0.2, 0.25) is 15.9 Å². The molecule has 0 saturated carbocycles. The van der Waals surface area contributed by atoms with E-state index >= 15 is 0 Å². The molecule has 0 saturated heterocycles. The van der Waals surface area contributed by atoms with Crippen molar-refractivity contribution in [3.8, 4) is 0 Å². The number of carbonyl (C=O) groups excluding carboxylic acids is 1. The third-order valence-electron chi connectivity index (χ3n) is 3.20. The molecule has 0 fully saturated rings. The van der Waals surface area contributed by atoms with Gasteiger partial charge in [0.05, 0.1) is 16.4 Å². The lowest BCUT2D eigenvalue weighted by atomic mass is 10.3. The Labute approximate surface area is 134 Å². The predicted molar refractivity (Wildman–Crippen MR) is 84.4 cm³/mol. The van der Waals surface area contributed by atoms with E-state index in [9.17, 15) is 23.3 Å². The van der Waals surface area contributed by atoms with Crippen molar-refractivity contribution in [2.24, 2.45) is 0 Å². The van der Waals surface area contributed by atoms with Crippen LogP contribution in [-0.2, 0) is 14.8 Å². The molecular weight excluding hydrogens is 324 g/mol. The summed E-state index contributed by atoms with van der Waals surface area (Å²) in [5, 5.41) is 16.3. The highest BCUT2D eigenvalue weighted by Gasteiger charge is 2.24. The second-order valence-electron chi connectivity index (χ2n) is 5.01. The molecule has 0 spiro atoms. The van der Waals surface area contributed by atoms with E-state index in [1.807, 2.05) is 6.92 Å². The number of likely N-dealkylation sites (N-methyl/N-ethyl adjacent to an activating group) is 2. The van der Waals surface area contributed by atoms with E-state index in [0.717, 1.165) is 10.4 Å². The van der Waals surface area contributed by atoms with E-state index in [2.05, 4.69) is 10.6 Å². The highest BCUT2D eigenvalue weighted by atomic mass is 32.2. The minimum Gasteiger partial charge on any atom is -0.353 e. The van der Waals surface area contributed by atoms with Crippen LogP contribution in [0.5, 0.6) is 0 Å². The third-order valence-corrected chi connectivity index (χ3v) is 5.00. The molecule has 1 amide bonds. The van der Waals surface area contributed by atoms with Crippen molar-refractivity contribution in [2.75, 3.05) is 27.2 Å². The summed E-state index contributed by atoms with van der Waals surface area (Å²) in [4.78, 5) is 21.6. The molecule has 1 aromatic rings. The normalized spacial score (nSPS) is 12.9. The van der Waals surface area contributed by atoms with Crippen LogP contribution in [-0.4, -0.2) is 56.8 Å². The Morgan fingerprint density at radius 3 is 2.65 bits per heavy atom. The molecule has 0 aliphatic heterocycles. The van der Waals surface area contributed by atoms with Crippen molar-refractivity contribution >= 4 is 21.6 Å². The van der Waals surface area contributed by atoms with Crippen LogP contribution >= 0.6 is 0 Å². The Morgan fingerprint density at radius 1 is 1.43 bits per heavy atom. The molecule has 1 atom stereocenters. The van der Waals surface area contributed by atoms with Gasteiger partial charge in [-0.05, 0) is 20.0 Å². The smallest absolute Gasteiger partial charge is 0.270 e. The maximum Gasteiger partial charge on any atom is 0.270 e. The number of nitrogens with zero attached hydrogens (tertiary/aromatic N) is 2. The first kappa shape index (κ1) is 19.0. The molecule has 1 rings (SSSR count). The number of hydrogen-bond donors (Lipinski definition) is 2. The number of nitrogens with one attached hydrogen (secondary N) is 2. The number of nitro benzene ring substituents is 1. The Kier molecular flexibility index (Phi) is 6.61. The predicted octanol–water partition coefficient (Wildman–Crippen LogP) is -0.0606. The highest BCUT2D eigenvalue weighted by molar-refractivity contribution is 7.89. The first-order valence-electron chi connectivity index (χ1n) is 6.83. The van der Waals surface area contributed by atoms with Gasteiger partial charge in [0, 0.05) is 31.8 Å². The van der Waals surface area contributed by atoms with Gasteiger partial charge in [-0.2, -0.15) is 4.31 Å². The SMILES string of the molecule is CNC(C)CNC(=O)CN(C)S(=O)(=O)c1cccc([N+](=O)[O-])c1. The number of nitro groups is 1. The van der Waals surface area contributed by atoms with Gasteiger partial charge in [-0.3, -0.25) is 14.9 Å². The zero-order valence-electron chi connectivity index (χ0n) is 13.1. The Balaban J connectivity index is 2.81. The van der Waals surface area contributed by atoms with Crippen molar-refractivity contribution < 1.29 is 18.1 Å². The topological polar surface area (TPSA) is 122 Å². The lowest BCUT2D eigenvalue weighted by molar-refractivity contribution is -0.385. The molecule has 0 radical (unpaired) electrons. The molecule has 0 aliphatic rings. The standard InChI is InChI=1S/C13H20N4O5S/c1-10(14-2)8-15-13(18)9-16(3)23(21,22)12-6-4-5-11(7-12)17(19)20/h4-7,10,14H,8-9H2,1-3H3,(H,15,18). The molecule has 128 valence electrons. The summed E-state index contributed by atoms with van der Waals surface area (Å²) < 4.78 is 25.5. The molecule has 0 aromatic heterocycles. The molecule has 23 heavy (non-hydrogen) atoms. The molecule has 0 heterocycles. The maximum absolute atomic E-state index is 12.3. The average molecular weight is 344 g/mol. The molecule has 2 N–H and O–H groups in total. The van der Waals surface area contributed by atoms with Crippen LogP contribution < -0.4 is 10.6 Å². The summed E-state index contributed by atoms with van der Waals surface area (Å²) in [5.41, 5.74) is -0.327. The van der Waals surface area contributed by atoms with Gasteiger partial charge in [-0.25, -0.2) is 8.42 Å². The number of sulfonamides is 1. The van der Waals surface area contributed by atoms with Gasteiger partial charge < -0.3 is 10.6 Å². The first-order chi connectivity index (χ1) is 10.7. The van der Waals surface area contributed by atoms with Crippen LogP contribution in [0, 0.1) is 10.1 Å². The van der Waals surface area contributed by atoms with E-state index in [0.29, 0.717) is 6.54 Å². The number of carbonyl (C=O) groups is 1. The minimum atomic E-state index is -3.98. The fraction of sp³-hybridized carbons (Fsp3) is 0.462. The van der Waals surface area contributed by atoms with Crippen molar-refractivity contribution in [3.63, 3.8) is 0 Å². The number of benzene rings is 1. The maximum atomic E-state index is 12.3. The Bertz CT molecular complexity index is 677. The molecule has 0 bridgehead atoms. The lowest BCUT2D eigenvalue weighted by Gasteiger charge is -2.18. The van der Waals surface area contributed by atoms with E-state index in [-0.39, 0.29) is 23.2 Å². The third kappa shape index (κ3) is 5.27. The molecule has 10 heteroatoms. The molecule has 9 nitrogen and oxygen atoms in total. The summed E-state index contributed by atoms with van der Waals surface area (Å²) >= 11 is 0. The van der Waals surface area contributed by atoms with E-state index < -0.39 is 20.9 Å². The monoisotopic (exact) mass is 344 g/mol. The van der Waals surface area contributed by atoms with Crippen LogP contribution in [0.25, 0.3) is 0 Å². The van der Waals surface area contributed by atoms with Crippen LogP contribution in [0.4, 0.5) is 5.69 Å². The summed E-state index contributed by atoms with van der Waals surface area (Å²) in [5.74, 6) is -0.455. The van der Waals surface area contributed by atoms with Crippen LogP contribution in [0.1, 0.15) is 6.92 Å². The van der Waals surface area contributed by atoms with Crippen LogP contribution in [0.2, 0.25) is 0 Å². The van der Waals surface area contributed by atoms with Crippen LogP contribution in [0.3, 0.4) is 0 Å². The van der Waals surface area contributed by atoms with Gasteiger partial charge >= 0.3 is 0 Å². The highest BCUT2D eigenvalue weighted by Crippen LogP contribution is 2.19. The fourth-order valence-electron chi connectivity index (χ4n) is 1.65. The number of non-ortho nitro benzene ring substituents is 1. The van der Waals surface area contributed by atoms with Gasteiger partial charge in [-0.1, -0.05) is 6.07 Å². The molecule has 1 unspecified atom stereocenters. The molecule has 1 aromatic carbocycles. The summed E-state index contributed by atoms with van der Waals surface area (Å²) in [6.07, 6.45) is 0. The fourth-order valence-corrected chi connectivity index (χ4v) is 2.82. The quantitative estimate of drug-likeness (QED) is 0.503. The van der Waals surface area contributed by atoms with Crippen molar-refractivity contribution in [2.45, 2.75) is 17.9 Å². The van der Waals surface area contributed by atoms with Crippen molar-refractivity contribution in [1.29, 1.82) is 0 Å². The second kappa shape index (κ2) is 7.99. The van der Waals surface area contributed by atoms with Gasteiger partial charge in [0.25, 0.3) is 5.69 Å². The second-order valence-corrected chi connectivity index (χ2v) is 7.05. The van der Waals surface area contributed by atoms with E-state index in [1.54, 1.807) is 7.05 Å². The molecule has 0 aliphatic carbocycles. The minimum absolute atomic E-state index is 0.0534. The number of hydrogen-bond acceptors (Lipinski definition) is 6. The Morgan fingerprint density at radius 2 is 2.09 bits per heavy atom. The zero-order valence-corrected chi connectivity index (χ0v) is 14.0. The van der Waals surface area contributed by atoms with E-state index in [1.165, 1.54) is 25.2 Å². The lowest BCUT2D eigenvalue weighted by Crippen LogP contribution is -2.42. The van der Waals surface area contributed by atoms with Gasteiger partial charge in [0.1, 0.15) is 0 Å². The number of amides is 1. The van der Waals surface area contributed by atoms with Gasteiger partial charge in [0.15, 0.2) is 0 Å².